The van der Waals surface area contributed by atoms with Gasteiger partial charge in [-0.25, -0.2) is 4.79 Å². The van der Waals surface area contributed by atoms with Gasteiger partial charge in [0.15, 0.2) is 10.3 Å². The van der Waals surface area contributed by atoms with Crippen molar-refractivity contribution in [3.8, 4) is 0 Å². The quantitative estimate of drug-likeness (QED) is 0.907. The normalized spacial score (nSPS) is 20.6. The predicted octanol–water partition coefficient (Wildman–Crippen LogP) is 2.62. The molecule has 0 spiro atoms. The van der Waals surface area contributed by atoms with Gasteiger partial charge in [0.25, 0.3) is 0 Å². The second kappa shape index (κ2) is 5.71. The van der Waals surface area contributed by atoms with Crippen molar-refractivity contribution in [1.82, 2.24) is 10.2 Å². The molecule has 0 bridgehead atoms. The van der Waals surface area contributed by atoms with E-state index in [1.165, 1.54) is 0 Å². The Labute approximate surface area is 115 Å². The maximum atomic E-state index is 11.3. The minimum atomic E-state index is -0.846. The summed E-state index contributed by atoms with van der Waals surface area (Å²) in [6, 6.07) is 0.989. The maximum Gasteiger partial charge on any atom is 0.326 e. The first-order valence-corrected chi connectivity index (χ1v) is 6.53. The molecule has 1 aromatic heterocycles. The fraction of sp³-hybridized carbons (Fsp3) is 0.545. The van der Waals surface area contributed by atoms with Crippen LogP contribution in [0.15, 0.2) is 6.07 Å². The van der Waals surface area contributed by atoms with Gasteiger partial charge in [-0.2, -0.15) is 0 Å². The molecule has 1 aliphatic heterocycles. The van der Waals surface area contributed by atoms with Crippen molar-refractivity contribution in [1.29, 1.82) is 0 Å². The molecule has 0 radical (unpaired) electrons. The second-order valence-corrected chi connectivity index (χ2v) is 4.99. The highest BCUT2D eigenvalue weighted by Crippen LogP contribution is 2.30. The van der Waals surface area contributed by atoms with Gasteiger partial charge < -0.3 is 10.0 Å². The Morgan fingerprint density at radius 3 is 2.83 bits per heavy atom. The Balaban J connectivity index is 2.37. The van der Waals surface area contributed by atoms with Gasteiger partial charge in [0, 0.05) is 12.6 Å². The van der Waals surface area contributed by atoms with E-state index < -0.39 is 12.0 Å². The van der Waals surface area contributed by atoms with Gasteiger partial charge in [0.2, 0.25) is 0 Å². The van der Waals surface area contributed by atoms with E-state index in [0.29, 0.717) is 18.7 Å². The Kier molecular flexibility index (Phi) is 4.24. The number of aromatic nitrogens is 2. The lowest BCUT2D eigenvalue weighted by atomic mass is 10.1. The SMILES string of the molecule is O=C(O)C1CCCCCN1c1cc(Cl)nnc1Cl. The number of anilines is 1. The molecule has 1 aromatic rings. The van der Waals surface area contributed by atoms with Crippen LogP contribution in [0.2, 0.25) is 10.3 Å². The Morgan fingerprint density at radius 1 is 1.33 bits per heavy atom. The number of carboxylic acids is 1. The van der Waals surface area contributed by atoms with Gasteiger partial charge in [-0.3, -0.25) is 0 Å². The van der Waals surface area contributed by atoms with Crippen LogP contribution in [0.5, 0.6) is 0 Å². The van der Waals surface area contributed by atoms with E-state index in [0.717, 1.165) is 19.3 Å². The van der Waals surface area contributed by atoms with Gasteiger partial charge in [-0.05, 0) is 12.8 Å². The van der Waals surface area contributed by atoms with Crippen LogP contribution in [-0.4, -0.2) is 33.9 Å². The molecule has 98 valence electrons. The fourth-order valence-corrected chi connectivity index (χ4v) is 2.54. The average Bonchev–Trinajstić information content (AvgIpc) is 2.57. The molecule has 0 aliphatic carbocycles. The van der Waals surface area contributed by atoms with Crippen molar-refractivity contribution in [2.75, 3.05) is 11.4 Å². The standard InChI is InChI=1S/C11H13Cl2N3O2/c12-9-6-8(10(13)15-14-9)16-5-3-1-2-4-7(16)11(17)18/h6-7H,1-5H2,(H,17,18). The number of halogens is 2. The molecule has 7 heteroatoms. The fourth-order valence-electron chi connectivity index (χ4n) is 2.20. The highest BCUT2D eigenvalue weighted by molar-refractivity contribution is 6.33. The van der Waals surface area contributed by atoms with Crippen molar-refractivity contribution in [2.24, 2.45) is 0 Å². The van der Waals surface area contributed by atoms with Crippen LogP contribution in [0.4, 0.5) is 5.69 Å². The van der Waals surface area contributed by atoms with E-state index in [1.807, 2.05) is 0 Å². The molecule has 1 saturated heterocycles. The van der Waals surface area contributed by atoms with Crippen LogP contribution >= 0.6 is 23.2 Å². The zero-order chi connectivity index (χ0) is 13.1. The zero-order valence-corrected chi connectivity index (χ0v) is 11.2. The number of carbonyl (C=O) groups is 1. The lowest BCUT2D eigenvalue weighted by Crippen LogP contribution is -2.41. The van der Waals surface area contributed by atoms with Crippen LogP contribution in [0.25, 0.3) is 0 Å². The summed E-state index contributed by atoms with van der Waals surface area (Å²) in [5.74, 6) is -0.846. The number of nitrogens with zero attached hydrogens (tertiary/aromatic N) is 3. The summed E-state index contributed by atoms with van der Waals surface area (Å²) in [6.07, 6.45) is 3.45. The summed E-state index contributed by atoms with van der Waals surface area (Å²) in [5.41, 5.74) is 0.547. The molecule has 18 heavy (non-hydrogen) atoms. The van der Waals surface area contributed by atoms with Crippen molar-refractivity contribution in [3.63, 3.8) is 0 Å². The van der Waals surface area contributed by atoms with E-state index in [2.05, 4.69) is 10.2 Å². The summed E-state index contributed by atoms with van der Waals surface area (Å²) in [6.45, 7) is 0.638. The summed E-state index contributed by atoms with van der Waals surface area (Å²) < 4.78 is 0. The predicted molar refractivity (Wildman–Crippen MR) is 69.3 cm³/mol. The van der Waals surface area contributed by atoms with Crippen molar-refractivity contribution < 1.29 is 9.90 Å². The number of carboxylic acid groups (broad SMARTS) is 1. The molecule has 1 N–H and O–H groups in total. The minimum Gasteiger partial charge on any atom is -0.480 e. The monoisotopic (exact) mass is 289 g/mol. The third-order valence-corrected chi connectivity index (χ3v) is 3.50. The van der Waals surface area contributed by atoms with Crippen molar-refractivity contribution in [3.05, 3.63) is 16.4 Å². The van der Waals surface area contributed by atoms with E-state index in [9.17, 15) is 9.90 Å². The topological polar surface area (TPSA) is 66.3 Å². The van der Waals surface area contributed by atoms with Crippen LogP contribution < -0.4 is 4.90 Å². The van der Waals surface area contributed by atoms with Gasteiger partial charge in [0.1, 0.15) is 6.04 Å². The molecule has 0 aromatic carbocycles. The molecule has 0 amide bonds. The van der Waals surface area contributed by atoms with Crippen LogP contribution in [0.1, 0.15) is 25.7 Å². The van der Waals surface area contributed by atoms with Gasteiger partial charge in [-0.15, -0.1) is 10.2 Å². The number of hydrogen-bond acceptors (Lipinski definition) is 4. The first-order chi connectivity index (χ1) is 8.59. The third kappa shape index (κ3) is 2.84. The smallest absolute Gasteiger partial charge is 0.326 e. The first-order valence-electron chi connectivity index (χ1n) is 5.78. The molecule has 1 aliphatic rings. The minimum absolute atomic E-state index is 0.188. The van der Waals surface area contributed by atoms with E-state index in [4.69, 9.17) is 23.2 Å². The largest absolute Gasteiger partial charge is 0.480 e. The van der Waals surface area contributed by atoms with Crippen LogP contribution in [0, 0.1) is 0 Å². The molecule has 5 nitrogen and oxygen atoms in total. The molecule has 0 saturated carbocycles. The van der Waals surface area contributed by atoms with Crippen LogP contribution in [0.3, 0.4) is 0 Å². The lowest BCUT2D eigenvalue weighted by Gasteiger charge is -2.29. The molecule has 1 unspecified atom stereocenters. The number of rotatable bonds is 2. The van der Waals surface area contributed by atoms with Crippen molar-refractivity contribution >= 4 is 34.9 Å². The molecular formula is C11H13Cl2N3O2. The molecule has 1 fully saturated rings. The van der Waals surface area contributed by atoms with Gasteiger partial charge >= 0.3 is 5.97 Å². The van der Waals surface area contributed by atoms with Crippen molar-refractivity contribution in [2.45, 2.75) is 31.7 Å². The molecular weight excluding hydrogens is 277 g/mol. The maximum absolute atomic E-state index is 11.3. The Hall–Kier alpha value is -1.07. The van der Waals surface area contributed by atoms with E-state index in [1.54, 1.807) is 11.0 Å². The zero-order valence-electron chi connectivity index (χ0n) is 9.64. The lowest BCUT2D eigenvalue weighted by molar-refractivity contribution is -0.138. The summed E-state index contributed by atoms with van der Waals surface area (Å²) in [7, 11) is 0. The number of hydrogen-bond donors (Lipinski definition) is 1. The van der Waals surface area contributed by atoms with E-state index in [-0.39, 0.29) is 10.3 Å². The summed E-state index contributed by atoms with van der Waals surface area (Å²) in [5, 5.41) is 17.1. The first kappa shape index (κ1) is 13.4. The van der Waals surface area contributed by atoms with Gasteiger partial charge in [0.05, 0.1) is 5.69 Å². The Bertz CT molecular complexity index is 456. The Morgan fingerprint density at radius 2 is 2.11 bits per heavy atom. The number of aliphatic carboxylic acids is 1. The van der Waals surface area contributed by atoms with Gasteiger partial charge in [-0.1, -0.05) is 36.0 Å². The second-order valence-electron chi connectivity index (χ2n) is 4.24. The highest BCUT2D eigenvalue weighted by Gasteiger charge is 2.29. The molecule has 2 rings (SSSR count). The summed E-state index contributed by atoms with van der Waals surface area (Å²) in [4.78, 5) is 13.1. The highest BCUT2D eigenvalue weighted by atomic mass is 35.5. The molecule has 2 heterocycles. The summed E-state index contributed by atoms with van der Waals surface area (Å²) >= 11 is 11.8. The van der Waals surface area contributed by atoms with E-state index >= 15 is 0 Å². The molecule has 1 atom stereocenters. The van der Waals surface area contributed by atoms with Crippen LogP contribution in [-0.2, 0) is 4.79 Å². The third-order valence-electron chi connectivity index (χ3n) is 3.05. The average molecular weight is 290 g/mol.